The molecule has 3 N–H and O–H groups in total. The van der Waals surface area contributed by atoms with Crippen LogP contribution in [0.4, 0.5) is 0 Å². The van der Waals surface area contributed by atoms with E-state index in [1.807, 2.05) is 38.2 Å². The van der Waals surface area contributed by atoms with E-state index in [1.54, 1.807) is 7.11 Å². The Morgan fingerprint density at radius 3 is 2.78 bits per heavy atom. The molecule has 1 atom stereocenters. The van der Waals surface area contributed by atoms with Gasteiger partial charge in [0.05, 0.1) is 7.11 Å². The van der Waals surface area contributed by atoms with Crippen molar-refractivity contribution in [3.05, 3.63) is 29.8 Å². The summed E-state index contributed by atoms with van der Waals surface area (Å²) in [6.07, 6.45) is 0. The van der Waals surface area contributed by atoms with E-state index >= 15 is 0 Å². The highest BCUT2D eigenvalue weighted by Gasteiger charge is 2.12. The summed E-state index contributed by atoms with van der Waals surface area (Å²) in [7, 11) is 3.66. The molecule has 0 radical (unpaired) electrons. The quantitative estimate of drug-likeness (QED) is 0.348. The van der Waals surface area contributed by atoms with Gasteiger partial charge in [-0.1, -0.05) is 30.3 Å². The fourth-order valence-corrected chi connectivity index (χ4v) is 1.85. The van der Waals surface area contributed by atoms with Crippen LogP contribution in [0.25, 0.3) is 0 Å². The van der Waals surface area contributed by atoms with Crippen LogP contribution in [0.3, 0.4) is 0 Å². The molecule has 0 amide bonds. The zero-order chi connectivity index (χ0) is 13.5. The third kappa shape index (κ3) is 3.92. The summed E-state index contributed by atoms with van der Waals surface area (Å²) in [5, 5.41) is 11.6. The number of ether oxygens (including phenoxy) is 1. The van der Waals surface area contributed by atoms with Gasteiger partial charge in [-0.2, -0.15) is 0 Å². The Balaban J connectivity index is 2.62. The van der Waals surface area contributed by atoms with Crippen LogP contribution in [0.5, 0.6) is 5.75 Å². The molecule has 5 nitrogen and oxygen atoms in total. The first kappa shape index (κ1) is 14.3. The van der Waals surface area contributed by atoms with Gasteiger partial charge >= 0.3 is 0 Å². The van der Waals surface area contributed by atoms with Gasteiger partial charge < -0.3 is 20.6 Å². The third-order valence-corrected chi connectivity index (χ3v) is 2.84. The van der Waals surface area contributed by atoms with Gasteiger partial charge in [-0.15, -0.1) is 0 Å². The van der Waals surface area contributed by atoms with Gasteiger partial charge in [0.2, 0.25) is 0 Å². The molecule has 0 aliphatic heterocycles. The molecule has 1 aromatic carbocycles. The molecule has 1 unspecified atom stereocenters. The summed E-state index contributed by atoms with van der Waals surface area (Å²) >= 11 is 0. The standard InChI is InChI=1S/C13H21N3O2/c1-10(13(14)15-17)8-16(2)9-11-6-4-5-7-12(11)18-3/h4-7,10,17H,8-9H2,1-3H3,(H2,14,15). The van der Waals surface area contributed by atoms with Crippen molar-refractivity contribution >= 4 is 5.84 Å². The molecule has 1 aromatic rings. The fraction of sp³-hybridized carbons (Fsp3) is 0.462. The molecule has 1 rings (SSSR count). The van der Waals surface area contributed by atoms with Crippen LogP contribution in [0.2, 0.25) is 0 Å². The van der Waals surface area contributed by atoms with E-state index < -0.39 is 0 Å². The predicted molar refractivity (Wildman–Crippen MR) is 71.9 cm³/mol. The van der Waals surface area contributed by atoms with Crippen molar-refractivity contribution in [2.75, 3.05) is 20.7 Å². The molecule has 100 valence electrons. The maximum Gasteiger partial charge on any atom is 0.143 e. The van der Waals surface area contributed by atoms with Crippen LogP contribution >= 0.6 is 0 Å². The van der Waals surface area contributed by atoms with Crippen molar-refractivity contribution in [2.24, 2.45) is 16.8 Å². The normalized spacial score (nSPS) is 13.7. The fourth-order valence-electron chi connectivity index (χ4n) is 1.85. The van der Waals surface area contributed by atoms with Crippen LogP contribution in [-0.2, 0) is 6.54 Å². The van der Waals surface area contributed by atoms with Crippen molar-refractivity contribution in [2.45, 2.75) is 13.5 Å². The maximum absolute atomic E-state index is 8.61. The van der Waals surface area contributed by atoms with Gasteiger partial charge in [-0.05, 0) is 13.1 Å². The van der Waals surface area contributed by atoms with Crippen LogP contribution in [0.15, 0.2) is 29.4 Å². The first-order valence-corrected chi connectivity index (χ1v) is 5.86. The topological polar surface area (TPSA) is 71.1 Å². The Labute approximate surface area is 108 Å². The van der Waals surface area contributed by atoms with E-state index in [2.05, 4.69) is 10.1 Å². The Morgan fingerprint density at radius 1 is 1.50 bits per heavy atom. The van der Waals surface area contributed by atoms with Crippen LogP contribution < -0.4 is 10.5 Å². The van der Waals surface area contributed by atoms with Crippen LogP contribution in [-0.4, -0.2) is 36.6 Å². The minimum atomic E-state index is 0.00899. The highest BCUT2D eigenvalue weighted by Crippen LogP contribution is 2.19. The zero-order valence-electron chi connectivity index (χ0n) is 11.1. The number of para-hydroxylation sites is 1. The second kappa shape index (κ2) is 6.86. The molecule has 0 aliphatic rings. The number of amidine groups is 1. The van der Waals surface area contributed by atoms with Gasteiger partial charge in [-0.25, -0.2) is 0 Å². The first-order chi connectivity index (χ1) is 8.58. The number of nitrogens with two attached hydrogens (primary N) is 1. The SMILES string of the molecule is COc1ccccc1CN(C)CC(C)/C(N)=N/O. The first-order valence-electron chi connectivity index (χ1n) is 5.86. The molecular weight excluding hydrogens is 230 g/mol. The summed E-state index contributed by atoms with van der Waals surface area (Å²) in [5.41, 5.74) is 6.68. The van der Waals surface area contributed by atoms with Gasteiger partial charge in [0.15, 0.2) is 0 Å². The Bertz CT molecular complexity index is 407. The lowest BCUT2D eigenvalue weighted by atomic mass is 10.1. The molecule has 0 saturated carbocycles. The Morgan fingerprint density at radius 2 is 2.17 bits per heavy atom. The lowest BCUT2D eigenvalue weighted by Gasteiger charge is -2.21. The van der Waals surface area contributed by atoms with Crippen molar-refractivity contribution in [1.29, 1.82) is 0 Å². The number of nitrogens with zero attached hydrogens (tertiary/aromatic N) is 2. The predicted octanol–water partition coefficient (Wildman–Crippen LogP) is 1.51. The molecule has 5 heteroatoms. The minimum Gasteiger partial charge on any atom is -0.496 e. The second-order valence-electron chi connectivity index (χ2n) is 4.43. The Kier molecular flexibility index (Phi) is 5.45. The monoisotopic (exact) mass is 251 g/mol. The van der Waals surface area contributed by atoms with E-state index in [4.69, 9.17) is 15.7 Å². The molecule has 0 heterocycles. The number of hydrogen-bond donors (Lipinski definition) is 2. The summed E-state index contributed by atoms with van der Waals surface area (Å²) < 4.78 is 5.30. The highest BCUT2D eigenvalue weighted by atomic mass is 16.5. The lowest BCUT2D eigenvalue weighted by molar-refractivity contribution is 0.287. The zero-order valence-corrected chi connectivity index (χ0v) is 11.1. The molecule has 18 heavy (non-hydrogen) atoms. The van der Waals surface area contributed by atoms with Gasteiger partial charge in [0.25, 0.3) is 0 Å². The maximum atomic E-state index is 8.61. The molecule has 0 bridgehead atoms. The van der Waals surface area contributed by atoms with E-state index in [0.29, 0.717) is 6.54 Å². The van der Waals surface area contributed by atoms with Gasteiger partial charge in [0, 0.05) is 24.6 Å². The van der Waals surface area contributed by atoms with Crippen molar-refractivity contribution in [3.8, 4) is 5.75 Å². The number of benzene rings is 1. The summed E-state index contributed by atoms with van der Waals surface area (Å²) in [4.78, 5) is 2.11. The van der Waals surface area contributed by atoms with E-state index in [9.17, 15) is 0 Å². The highest BCUT2D eigenvalue weighted by molar-refractivity contribution is 5.82. The molecule has 0 aliphatic carbocycles. The van der Waals surface area contributed by atoms with E-state index in [0.717, 1.165) is 17.9 Å². The minimum absolute atomic E-state index is 0.00899. The number of hydrogen-bond acceptors (Lipinski definition) is 4. The van der Waals surface area contributed by atoms with Crippen molar-refractivity contribution in [1.82, 2.24) is 4.90 Å². The number of rotatable bonds is 6. The molecule has 0 spiro atoms. The smallest absolute Gasteiger partial charge is 0.143 e. The average Bonchev–Trinajstić information content (AvgIpc) is 2.38. The number of oxime groups is 1. The van der Waals surface area contributed by atoms with Crippen LogP contribution in [0, 0.1) is 5.92 Å². The molecule has 0 aromatic heterocycles. The average molecular weight is 251 g/mol. The third-order valence-electron chi connectivity index (χ3n) is 2.84. The van der Waals surface area contributed by atoms with Gasteiger partial charge in [0.1, 0.15) is 11.6 Å². The van der Waals surface area contributed by atoms with Crippen molar-refractivity contribution < 1.29 is 9.94 Å². The van der Waals surface area contributed by atoms with Crippen LogP contribution in [0.1, 0.15) is 12.5 Å². The van der Waals surface area contributed by atoms with E-state index in [-0.39, 0.29) is 11.8 Å². The molecule has 0 saturated heterocycles. The Hall–Kier alpha value is -1.75. The lowest BCUT2D eigenvalue weighted by Crippen LogP contribution is -2.32. The summed E-state index contributed by atoms with van der Waals surface area (Å²) in [6.45, 7) is 3.40. The largest absolute Gasteiger partial charge is 0.496 e. The van der Waals surface area contributed by atoms with Gasteiger partial charge in [-0.3, -0.25) is 0 Å². The molecular formula is C13H21N3O2. The number of methoxy groups -OCH3 is 1. The molecule has 0 fully saturated rings. The second-order valence-corrected chi connectivity index (χ2v) is 4.43. The summed E-state index contributed by atoms with van der Waals surface area (Å²) in [6, 6.07) is 7.90. The van der Waals surface area contributed by atoms with Crippen molar-refractivity contribution in [3.63, 3.8) is 0 Å². The van der Waals surface area contributed by atoms with E-state index in [1.165, 1.54) is 0 Å². The summed E-state index contributed by atoms with van der Waals surface area (Å²) in [5.74, 6) is 1.14.